The van der Waals surface area contributed by atoms with Gasteiger partial charge in [-0.05, 0) is 34.1 Å². The van der Waals surface area contributed by atoms with Crippen LogP contribution in [0.25, 0.3) is 0 Å². The van der Waals surface area contributed by atoms with Crippen molar-refractivity contribution in [3.63, 3.8) is 0 Å². The normalized spacial score (nSPS) is 12.5. The molecule has 2 aromatic rings. The van der Waals surface area contributed by atoms with Gasteiger partial charge >= 0.3 is 0 Å². The number of hydrogen-bond acceptors (Lipinski definition) is 4. The Hall–Kier alpha value is -1.82. The summed E-state index contributed by atoms with van der Waals surface area (Å²) in [5, 5.41) is 11.7. The molecule has 0 fully saturated rings. The van der Waals surface area contributed by atoms with Crippen LogP contribution < -0.4 is 5.32 Å². The molecule has 114 valence electrons. The van der Waals surface area contributed by atoms with E-state index in [1.807, 2.05) is 20.8 Å². The molecule has 0 spiro atoms. The van der Waals surface area contributed by atoms with Gasteiger partial charge < -0.3 is 9.84 Å². The largest absolute Gasteiger partial charge is 0.359 e. The fourth-order valence-electron chi connectivity index (χ4n) is 2.28. The van der Waals surface area contributed by atoms with Crippen LogP contribution in [0.4, 0.5) is 5.69 Å². The van der Waals surface area contributed by atoms with Crippen molar-refractivity contribution in [3.8, 4) is 0 Å². The first-order valence-corrected chi connectivity index (χ1v) is 7.19. The highest BCUT2D eigenvalue weighted by Crippen LogP contribution is 2.26. The number of aryl methyl sites for hydroxylation is 3. The molecule has 1 amide bonds. The van der Waals surface area contributed by atoms with Crippen LogP contribution in [0.3, 0.4) is 0 Å². The van der Waals surface area contributed by atoms with Gasteiger partial charge in [0.2, 0.25) is 5.91 Å². The summed E-state index contributed by atoms with van der Waals surface area (Å²) in [6.07, 6.45) is 0.605. The maximum absolute atomic E-state index is 12.5. The molecule has 0 aliphatic heterocycles. The zero-order valence-electron chi connectivity index (χ0n) is 12.8. The average Bonchev–Trinajstić information content (AvgIpc) is 2.88. The van der Waals surface area contributed by atoms with Crippen LogP contribution in [-0.2, 0) is 4.79 Å². The highest BCUT2D eigenvalue weighted by Gasteiger charge is 2.25. The van der Waals surface area contributed by atoms with E-state index >= 15 is 0 Å². The second kappa shape index (κ2) is 5.89. The third kappa shape index (κ3) is 2.81. The first-order chi connectivity index (χ1) is 9.86. The third-order valence-electron chi connectivity index (χ3n) is 3.50. The molecule has 1 N–H and O–H groups in total. The highest BCUT2D eigenvalue weighted by atomic mass is 35.5. The van der Waals surface area contributed by atoms with E-state index in [2.05, 4.69) is 15.6 Å². The summed E-state index contributed by atoms with van der Waals surface area (Å²) < 4.78 is 6.73. The van der Waals surface area contributed by atoms with Crippen molar-refractivity contribution in [2.45, 2.75) is 47.1 Å². The number of rotatable bonds is 4. The molecule has 2 heterocycles. The van der Waals surface area contributed by atoms with Crippen LogP contribution in [-0.4, -0.2) is 20.8 Å². The number of aromatic nitrogens is 3. The van der Waals surface area contributed by atoms with Gasteiger partial charge in [-0.15, -0.1) is 0 Å². The Bertz CT molecular complexity index is 655. The Morgan fingerprint density at radius 1 is 1.33 bits per heavy atom. The molecule has 0 saturated heterocycles. The first-order valence-electron chi connectivity index (χ1n) is 6.81. The molecule has 21 heavy (non-hydrogen) atoms. The summed E-state index contributed by atoms with van der Waals surface area (Å²) >= 11 is 6.16. The van der Waals surface area contributed by atoms with Crippen molar-refractivity contribution in [1.29, 1.82) is 0 Å². The minimum atomic E-state index is -0.426. The van der Waals surface area contributed by atoms with Gasteiger partial charge in [0.25, 0.3) is 0 Å². The van der Waals surface area contributed by atoms with Gasteiger partial charge in [0.05, 0.1) is 16.4 Å². The van der Waals surface area contributed by atoms with Gasteiger partial charge in [-0.2, -0.15) is 5.10 Å². The zero-order chi connectivity index (χ0) is 15.7. The van der Waals surface area contributed by atoms with E-state index in [9.17, 15) is 4.79 Å². The van der Waals surface area contributed by atoms with Crippen LogP contribution >= 0.6 is 11.6 Å². The second-order valence-electron chi connectivity index (χ2n) is 5.04. The van der Waals surface area contributed by atoms with Gasteiger partial charge in [0, 0.05) is 0 Å². The van der Waals surface area contributed by atoms with Gasteiger partial charge in [-0.3, -0.25) is 9.48 Å². The van der Waals surface area contributed by atoms with Crippen molar-refractivity contribution in [2.75, 3.05) is 5.32 Å². The summed E-state index contributed by atoms with van der Waals surface area (Å²) in [5.41, 5.74) is 2.78. The summed E-state index contributed by atoms with van der Waals surface area (Å²) in [6.45, 7) is 9.16. The number of carbonyl (C=O) groups is 1. The Morgan fingerprint density at radius 2 is 2.00 bits per heavy atom. The molecule has 0 radical (unpaired) electrons. The van der Waals surface area contributed by atoms with Crippen molar-refractivity contribution in [1.82, 2.24) is 14.9 Å². The smallest absolute Gasteiger partial charge is 0.249 e. The fourth-order valence-corrected chi connectivity index (χ4v) is 2.41. The Balaban J connectivity index is 2.29. The van der Waals surface area contributed by atoms with Crippen LogP contribution in [0.5, 0.6) is 0 Å². The summed E-state index contributed by atoms with van der Waals surface area (Å²) in [6, 6.07) is -0.426. The predicted molar refractivity (Wildman–Crippen MR) is 80.6 cm³/mol. The standard InChI is InChI=1S/C14H19ClN4O2/c1-6-11(19-9(4)12(15)7(2)17-19)14(20)16-13-8(3)18-21-10(13)5/h11H,6H2,1-5H3,(H,16,20). The van der Waals surface area contributed by atoms with E-state index in [1.165, 1.54) is 0 Å². The lowest BCUT2D eigenvalue weighted by molar-refractivity contribution is -0.119. The SMILES string of the molecule is CCC(C(=O)Nc1c(C)noc1C)n1nc(C)c(Cl)c1C. The molecule has 7 heteroatoms. The first kappa shape index (κ1) is 15.6. The third-order valence-corrected chi connectivity index (χ3v) is 4.05. The van der Waals surface area contributed by atoms with Crippen LogP contribution in [0.2, 0.25) is 5.02 Å². The number of carbonyl (C=O) groups excluding carboxylic acids is 1. The lowest BCUT2D eigenvalue weighted by Gasteiger charge is -2.17. The summed E-state index contributed by atoms with van der Waals surface area (Å²) in [5.74, 6) is 0.427. The van der Waals surface area contributed by atoms with E-state index < -0.39 is 6.04 Å². The monoisotopic (exact) mass is 310 g/mol. The van der Waals surface area contributed by atoms with Gasteiger partial charge in [0.1, 0.15) is 17.4 Å². The van der Waals surface area contributed by atoms with Crippen molar-refractivity contribution in [2.24, 2.45) is 0 Å². The zero-order valence-corrected chi connectivity index (χ0v) is 13.6. The van der Waals surface area contributed by atoms with E-state index in [-0.39, 0.29) is 5.91 Å². The lowest BCUT2D eigenvalue weighted by Crippen LogP contribution is -2.27. The van der Waals surface area contributed by atoms with E-state index in [1.54, 1.807) is 18.5 Å². The number of nitrogens with zero attached hydrogens (tertiary/aromatic N) is 3. The minimum absolute atomic E-state index is 0.158. The number of hydrogen-bond donors (Lipinski definition) is 1. The summed E-state index contributed by atoms with van der Waals surface area (Å²) in [7, 11) is 0. The maximum Gasteiger partial charge on any atom is 0.249 e. The lowest BCUT2D eigenvalue weighted by atomic mass is 10.2. The van der Waals surface area contributed by atoms with Gasteiger partial charge in [-0.25, -0.2) is 0 Å². The molecule has 0 aliphatic rings. The average molecular weight is 311 g/mol. The van der Waals surface area contributed by atoms with Crippen LogP contribution in [0.15, 0.2) is 4.52 Å². The fraction of sp³-hybridized carbons (Fsp3) is 0.500. The molecule has 2 rings (SSSR count). The molecule has 6 nitrogen and oxygen atoms in total. The van der Waals surface area contributed by atoms with Crippen molar-refractivity contribution in [3.05, 3.63) is 27.9 Å². The van der Waals surface area contributed by atoms with Crippen molar-refractivity contribution < 1.29 is 9.32 Å². The molecular weight excluding hydrogens is 292 g/mol. The van der Waals surface area contributed by atoms with Gasteiger partial charge in [-0.1, -0.05) is 23.7 Å². The molecule has 0 aliphatic carbocycles. The van der Waals surface area contributed by atoms with Gasteiger partial charge in [0.15, 0.2) is 5.76 Å². The molecule has 0 saturated carbocycles. The van der Waals surface area contributed by atoms with Crippen molar-refractivity contribution >= 4 is 23.2 Å². The second-order valence-corrected chi connectivity index (χ2v) is 5.42. The number of halogens is 1. The molecule has 1 unspecified atom stereocenters. The Morgan fingerprint density at radius 3 is 2.43 bits per heavy atom. The van der Waals surface area contributed by atoms with E-state index in [4.69, 9.17) is 16.1 Å². The topological polar surface area (TPSA) is 73.0 Å². The minimum Gasteiger partial charge on any atom is -0.359 e. The quantitative estimate of drug-likeness (QED) is 0.940. The van der Waals surface area contributed by atoms with Crippen LogP contribution in [0, 0.1) is 27.7 Å². The number of amides is 1. The Labute approximate surface area is 128 Å². The van der Waals surface area contributed by atoms with E-state index in [0.717, 1.165) is 11.4 Å². The highest BCUT2D eigenvalue weighted by molar-refractivity contribution is 6.31. The molecule has 1 atom stereocenters. The molecular formula is C14H19ClN4O2. The number of anilines is 1. The maximum atomic E-state index is 12.5. The number of nitrogens with one attached hydrogen (secondary N) is 1. The summed E-state index contributed by atoms with van der Waals surface area (Å²) in [4.78, 5) is 12.5. The Kier molecular flexibility index (Phi) is 4.37. The molecule has 2 aromatic heterocycles. The van der Waals surface area contributed by atoms with Crippen LogP contribution in [0.1, 0.15) is 42.2 Å². The molecule has 0 aromatic carbocycles. The van der Waals surface area contributed by atoms with E-state index in [0.29, 0.717) is 28.6 Å². The molecule has 0 bridgehead atoms. The predicted octanol–water partition coefficient (Wildman–Crippen LogP) is 3.35.